The maximum Gasteiger partial charge on any atom is 0.104 e. The van der Waals surface area contributed by atoms with Crippen LogP contribution in [0.5, 0.6) is 0 Å². The van der Waals surface area contributed by atoms with Crippen molar-refractivity contribution in [3.63, 3.8) is 0 Å². The van der Waals surface area contributed by atoms with Gasteiger partial charge in [-0.2, -0.15) is 0 Å². The molecule has 2 heteroatoms. The molecule has 0 aromatic heterocycles. The maximum atomic E-state index is 5.90. The first-order chi connectivity index (χ1) is 6.35. The van der Waals surface area contributed by atoms with E-state index in [9.17, 15) is 0 Å². The van der Waals surface area contributed by atoms with Crippen molar-refractivity contribution in [2.75, 3.05) is 13.2 Å². The summed E-state index contributed by atoms with van der Waals surface area (Å²) in [6.45, 7) is 5.53. The molecule has 74 valence electrons. The lowest BCUT2D eigenvalue weighted by molar-refractivity contribution is -0.0391. The Morgan fingerprint density at radius 1 is 1.38 bits per heavy atom. The zero-order valence-electron chi connectivity index (χ0n) is 8.13. The van der Waals surface area contributed by atoms with Gasteiger partial charge in [0.15, 0.2) is 0 Å². The third-order valence-corrected chi connectivity index (χ3v) is 3.03. The first kappa shape index (κ1) is 9.22. The van der Waals surface area contributed by atoms with E-state index in [0.717, 1.165) is 26.1 Å². The fourth-order valence-corrected chi connectivity index (χ4v) is 1.98. The molecule has 1 unspecified atom stereocenters. The van der Waals surface area contributed by atoms with E-state index in [2.05, 4.69) is 6.58 Å². The minimum atomic E-state index is -0.0236. The van der Waals surface area contributed by atoms with Gasteiger partial charge in [-0.15, -0.1) is 6.58 Å². The van der Waals surface area contributed by atoms with Crippen LogP contribution in [-0.2, 0) is 9.47 Å². The molecule has 2 rings (SSSR count). The molecule has 0 N–H and O–H groups in total. The highest BCUT2D eigenvalue weighted by atomic mass is 16.6. The Balaban J connectivity index is 1.84. The summed E-state index contributed by atoms with van der Waals surface area (Å²) < 4.78 is 11.0. The van der Waals surface area contributed by atoms with Gasteiger partial charge < -0.3 is 9.47 Å². The van der Waals surface area contributed by atoms with E-state index in [0.29, 0.717) is 6.10 Å². The van der Waals surface area contributed by atoms with Crippen LogP contribution in [0.25, 0.3) is 0 Å². The van der Waals surface area contributed by atoms with Crippen molar-refractivity contribution in [2.24, 2.45) is 0 Å². The molecule has 0 bridgehead atoms. The van der Waals surface area contributed by atoms with E-state index in [4.69, 9.17) is 9.47 Å². The summed E-state index contributed by atoms with van der Waals surface area (Å²) in [6, 6.07) is 0. The molecule has 1 atom stereocenters. The zero-order chi connectivity index (χ0) is 9.15. The third kappa shape index (κ3) is 2.32. The van der Waals surface area contributed by atoms with E-state index < -0.39 is 0 Å². The smallest absolute Gasteiger partial charge is 0.104 e. The van der Waals surface area contributed by atoms with Gasteiger partial charge in [0.2, 0.25) is 0 Å². The molecular weight excluding hydrogens is 164 g/mol. The third-order valence-electron chi connectivity index (χ3n) is 3.03. The van der Waals surface area contributed by atoms with Crippen LogP contribution in [0.3, 0.4) is 0 Å². The predicted molar refractivity (Wildman–Crippen MR) is 51.7 cm³/mol. The molecule has 0 amide bonds. The first-order valence-electron chi connectivity index (χ1n) is 5.24. The first-order valence-corrected chi connectivity index (χ1v) is 5.24. The molecule has 1 saturated carbocycles. The summed E-state index contributed by atoms with van der Waals surface area (Å²) in [4.78, 5) is 0. The Hall–Kier alpha value is -0.340. The van der Waals surface area contributed by atoms with Crippen LogP contribution in [0.2, 0.25) is 0 Å². The van der Waals surface area contributed by atoms with Gasteiger partial charge in [-0.1, -0.05) is 25.3 Å². The van der Waals surface area contributed by atoms with Gasteiger partial charge in [-0.3, -0.25) is 0 Å². The van der Waals surface area contributed by atoms with E-state index in [1.165, 1.54) is 19.3 Å². The van der Waals surface area contributed by atoms with Crippen molar-refractivity contribution in [1.29, 1.82) is 0 Å². The second-order valence-corrected chi connectivity index (χ2v) is 4.10. The van der Waals surface area contributed by atoms with Gasteiger partial charge in [-0.05, 0) is 12.8 Å². The summed E-state index contributed by atoms with van der Waals surface area (Å²) in [5.74, 6) is 0. The minimum absolute atomic E-state index is 0.0236. The number of hydrogen-bond acceptors (Lipinski definition) is 2. The summed E-state index contributed by atoms with van der Waals surface area (Å²) >= 11 is 0. The second kappa shape index (κ2) is 3.81. The van der Waals surface area contributed by atoms with Gasteiger partial charge >= 0.3 is 0 Å². The monoisotopic (exact) mass is 182 g/mol. The standard InChI is InChI=1S/C11H18O2/c1-2-11(6-4-3-5-7-11)13-9-10-8-12-10/h2,10H,1,3-9H2. The van der Waals surface area contributed by atoms with Crippen molar-refractivity contribution in [2.45, 2.75) is 43.8 Å². The lowest BCUT2D eigenvalue weighted by Crippen LogP contribution is -2.33. The van der Waals surface area contributed by atoms with Gasteiger partial charge in [-0.25, -0.2) is 0 Å². The second-order valence-electron chi connectivity index (χ2n) is 4.10. The topological polar surface area (TPSA) is 21.8 Å². The van der Waals surface area contributed by atoms with E-state index in [1.54, 1.807) is 0 Å². The van der Waals surface area contributed by atoms with Crippen molar-refractivity contribution in [3.8, 4) is 0 Å². The van der Waals surface area contributed by atoms with Crippen LogP contribution < -0.4 is 0 Å². The van der Waals surface area contributed by atoms with Gasteiger partial charge in [0, 0.05) is 0 Å². The fraction of sp³-hybridized carbons (Fsp3) is 0.818. The molecule has 1 aliphatic heterocycles. The average molecular weight is 182 g/mol. The fourth-order valence-electron chi connectivity index (χ4n) is 1.98. The molecule has 0 aromatic rings. The molecule has 2 fully saturated rings. The van der Waals surface area contributed by atoms with Crippen LogP contribution in [-0.4, -0.2) is 24.9 Å². The molecule has 1 heterocycles. The van der Waals surface area contributed by atoms with Crippen LogP contribution >= 0.6 is 0 Å². The van der Waals surface area contributed by atoms with Crippen molar-refractivity contribution >= 4 is 0 Å². The van der Waals surface area contributed by atoms with E-state index in [1.807, 2.05) is 6.08 Å². The van der Waals surface area contributed by atoms with Crippen LogP contribution in [0.4, 0.5) is 0 Å². The van der Waals surface area contributed by atoms with E-state index in [-0.39, 0.29) is 5.60 Å². The molecule has 13 heavy (non-hydrogen) atoms. The highest BCUT2D eigenvalue weighted by Crippen LogP contribution is 2.33. The van der Waals surface area contributed by atoms with Crippen molar-refractivity contribution in [1.82, 2.24) is 0 Å². The molecule has 0 aromatic carbocycles. The molecule has 0 radical (unpaired) electrons. The molecule has 1 aliphatic carbocycles. The normalized spacial score (nSPS) is 31.2. The van der Waals surface area contributed by atoms with Gasteiger partial charge in [0.05, 0.1) is 18.8 Å². The Bertz CT molecular complexity index is 179. The SMILES string of the molecule is C=CC1(OCC2CO2)CCCCC1. The van der Waals surface area contributed by atoms with Crippen LogP contribution in [0.15, 0.2) is 12.7 Å². The average Bonchev–Trinajstić information content (AvgIpc) is 3.00. The molecule has 1 saturated heterocycles. The molecular formula is C11H18O2. The Morgan fingerprint density at radius 2 is 2.08 bits per heavy atom. The molecule has 2 aliphatic rings. The Labute approximate surface area is 79.9 Å². The molecule has 0 spiro atoms. The Morgan fingerprint density at radius 3 is 2.62 bits per heavy atom. The quantitative estimate of drug-likeness (QED) is 0.491. The van der Waals surface area contributed by atoms with Crippen LogP contribution in [0, 0.1) is 0 Å². The van der Waals surface area contributed by atoms with Crippen LogP contribution in [0.1, 0.15) is 32.1 Å². The number of hydrogen-bond donors (Lipinski definition) is 0. The van der Waals surface area contributed by atoms with Gasteiger partial charge in [0.25, 0.3) is 0 Å². The largest absolute Gasteiger partial charge is 0.371 e. The lowest BCUT2D eigenvalue weighted by Gasteiger charge is -2.34. The summed E-state index contributed by atoms with van der Waals surface area (Å²) in [7, 11) is 0. The van der Waals surface area contributed by atoms with E-state index >= 15 is 0 Å². The predicted octanol–water partition coefficient (Wildman–Crippen LogP) is 2.29. The summed E-state index contributed by atoms with van der Waals surface area (Å²) in [5.41, 5.74) is -0.0236. The highest BCUT2D eigenvalue weighted by molar-refractivity contribution is 4.99. The summed E-state index contributed by atoms with van der Waals surface area (Å²) in [5, 5.41) is 0. The summed E-state index contributed by atoms with van der Waals surface area (Å²) in [6.07, 6.45) is 8.55. The van der Waals surface area contributed by atoms with Crippen molar-refractivity contribution in [3.05, 3.63) is 12.7 Å². The highest BCUT2D eigenvalue weighted by Gasteiger charge is 2.32. The maximum absolute atomic E-state index is 5.90. The lowest BCUT2D eigenvalue weighted by atomic mass is 9.85. The number of rotatable bonds is 4. The minimum Gasteiger partial charge on any atom is -0.371 e. The van der Waals surface area contributed by atoms with Gasteiger partial charge in [0.1, 0.15) is 6.10 Å². The molecule has 2 nitrogen and oxygen atoms in total. The van der Waals surface area contributed by atoms with Crippen molar-refractivity contribution < 1.29 is 9.47 Å². The number of epoxide rings is 1. The zero-order valence-corrected chi connectivity index (χ0v) is 8.13. The number of ether oxygens (including phenoxy) is 2. The Kier molecular flexibility index (Phi) is 2.70.